The number of para-hydroxylation sites is 1. The van der Waals surface area contributed by atoms with Crippen LogP contribution in [-0.4, -0.2) is 20.4 Å². The van der Waals surface area contributed by atoms with E-state index < -0.39 is 5.91 Å². The summed E-state index contributed by atoms with van der Waals surface area (Å²) in [6.07, 6.45) is 1.46. The Hall–Kier alpha value is -2.76. The second kappa shape index (κ2) is 5.32. The van der Waals surface area contributed by atoms with Crippen LogP contribution in [0.4, 0.5) is 5.82 Å². The van der Waals surface area contributed by atoms with Gasteiger partial charge in [-0.3, -0.25) is 4.79 Å². The van der Waals surface area contributed by atoms with Gasteiger partial charge in [-0.25, -0.2) is 4.98 Å². The summed E-state index contributed by atoms with van der Waals surface area (Å²) < 4.78 is 2.24. The molecule has 0 saturated carbocycles. The molecule has 4 N–H and O–H groups in total. The monoisotopic (exact) mass is 283 g/mol. The van der Waals surface area contributed by atoms with E-state index in [1.165, 1.54) is 17.2 Å². The molecule has 0 aliphatic carbocycles. The fraction of sp³-hybridized carbons (Fsp3) is 0.200. The number of imidazole rings is 1. The smallest absolute Gasteiger partial charge is 0.269 e. The normalized spacial score (nSPS) is 10.9. The number of primary amides is 1. The van der Waals surface area contributed by atoms with E-state index in [1.54, 1.807) is 0 Å². The van der Waals surface area contributed by atoms with Gasteiger partial charge in [0.1, 0.15) is 5.69 Å². The highest BCUT2D eigenvalue weighted by atomic mass is 16.1. The van der Waals surface area contributed by atoms with Crippen LogP contribution in [0.1, 0.15) is 23.1 Å². The van der Waals surface area contributed by atoms with E-state index in [1.807, 2.05) is 12.1 Å². The fourth-order valence-corrected chi connectivity index (χ4v) is 2.58. The average Bonchev–Trinajstić information content (AvgIpc) is 3.08. The minimum Gasteiger partial charge on any atom is -0.364 e. The maximum absolute atomic E-state index is 11.3. The molecular weight excluding hydrogens is 266 g/mol. The second-order valence-electron chi connectivity index (χ2n) is 4.78. The van der Waals surface area contributed by atoms with Crippen molar-refractivity contribution >= 4 is 22.6 Å². The molecule has 0 saturated heterocycles. The van der Waals surface area contributed by atoms with E-state index in [0.29, 0.717) is 18.1 Å². The van der Waals surface area contributed by atoms with Crippen molar-refractivity contribution in [2.45, 2.75) is 20.0 Å². The Morgan fingerprint density at radius 3 is 3.00 bits per heavy atom. The Morgan fingerprint density at radius 2 is 2.24 bits per heavy atom. The van der Waals surface area contributed by atoms with Gasteiger partial charge in [0.2, 0.25) is 0 Å². The van der Waals surface area contributed by atoms with Gasteiger partial charge in [0, 0.05) is 17.8 Å². The largest absolute Gasteiger partial charge is 0.364 e. The van der Waals surface area contributed by atoms with Gasteiger partial charge in [-0.05, 0) is 24.4 Å². The number of hydrogen-bond donors (Lipinski definition) is 3. The van der Waals surface area contributed by atoms with Gasteiger partial charge in [0.15, 0.2) is 5.82 Å². The maximum atomic E-state index is 11.3. The van der Waals surface area contributed by atoms with E-state index in [2.05, 4.69) is 45.0 Å². The first-order valence-corrected chi connectivity index (χ1v) is 6.85. The number of amides is 1. The zero-order chi connectivity index (χ0) is 14.8. The van der Waals surface area contributed by atoms with Crippen molar-refractivity contribution in [3.8, 4) is 0 Å². The average molecular weight is 283 g/mol. The molecule has 0 spiro atoms. The molecule has 1 amide bonds. The number of nitrogens with zero attached hydrogens (tertiary/aromatic N) is 2. The number of aromatic nitrogens is 3. The van der Waals surface area contributed by atoms with Crippen LogP contribution in [0.25, 0.3) is 10.9 Å². The van der Waals surface area contributed by atoms with Crippen LogP contribution in [-0.2, 0) is 13.1 Å². The molecule has 0 unspecified atom stereocenters. The molecule has 21 heavy (non-hydrogen) atoms. The van der Waals surface area contributed by atoms with Gasteiger partial charge in [-0.2, -0.15) is 0 Å². The number of nitrogens with one attached hydrogen (secondary N) is 2. The van der Waals surface area contributed by atoms with Gasteiger partial charge in [-0.1, -0.05) is 18.2 Å². The summed E-state index contributed by atoms with van der Waals surface area (Å²) >= 11 is 0. The zero-order valence-electron chi connectivity index (χ0n) is 11.8. The highest BCUT2D eigenvalue weighted by Gasteiger charge is 2.12. The molecule has 2 heterocycles. The summed E-state index contributed by atoms with van der Waals surface area (Å²) in [4.78, 5) is 18.1. The Labute approximate surface area is 122 Å². The van der Waals surface area contributed by atoms with Crippen LogP contribution in [0.3, 0.4) is 0 Å². The first kappa shape index (κ1) is 13.2. The number of aromatic amines is 1. The molecule has 0 atom stereocenters. The summed E-state index contributed by atoms with van der Waals surface area (Å²) in [6.45, 7) is 3.57. The standard InChI is InChI=1S/C15H17N5O/c1-2-20-11(7-10-5-3-4-6-12(10)20)8-17-15-13(14(16)21)18-9-19-15/h3-7,9,17H,2,8H2,1H3,(H2,16,21)(H,18,19). The first-order valence-electron chi connectivity index (χ1n) is 6.85. The van der Waals surface area contributed by atoms with Crippen molar-refractivity contribution in [2.24, 2.45) is 5.73 Å². The zero-order valence-corrected chi connectivity index (χ0v) is 11.8. The van der Waals surface area contributed by atoms with E-state index in [9.17, 15) is 4.79 Å². The lowest BCUT2D eigenvalue weighted by atomic mass is 10.2. The molecule has 1 aromatic carbocycles. The van der Waals surface area contributed by atoms with Crippen LogP contribution >= 0.6 is 0 Å². The second-order valence-corrected chi connectivity index (χ2v) is 4.78. The highest BCUT2D eigenvalue weighted by molar-refractivity contribution is 5.95. The van der Waals surface area contributed by atoms with Gasteiger partial charge in [-0.15, -0.1) is 0 Å². The Balaban J connectivity index is 1.88. The molecule has 3 aromatic rings. The van der Waals surface area contributed by atoms with Gasteiger partial charge < -0.3 is 20.6 Å². The van der Waals surface area contributed by atoms with E-state index in [4.69, 9.17) is 5.73 Å². The van der Waals surface area contributed by atoms with Crippen LogP contribution in [0.15, 0.2) is 36.7 Å². The maximum Gasteiger partial charge on any atom is 0.269 e. The topological polar surface area (TPSA) is 88.7 Å². The van der Waals surface area contributed by atoms with Crippen LogP contribution in [0, 0.1) is 0 Å². The molecule has 6 heteroatoms. The van der Waals surface area contributed by atoms with Crippen molar-refractivity contribution in [1.29, 1.82) is 0 Å². The number of hydrogen-bond acceptors (Lipinski definition) is 3. The van der Waals surface area contributed by atoms with Crippen molar-refractivity contribution < 1.29 is 4.79 Å². The van der Waals surface area contributed by atoms with Crippen molar-refractivity contribution in [3.05, 3.63) is 48.0 Å². The number of anilines is 1. The first-order chi connectivity index (χ1) is 10.2. The molecule has 0 fully saturated rings. The van der Waals surface area contributed by atoms with E-state index in [-0.39, 0.29) is 0 Å². The predicted octanol–water partition coefficient (Wildman–Crippen LogP) is 2.10. The van der Waals surface area contributed by atoms with Crippen molar-refractivity contribution in [2.75, 3.05) is 5.32 Å². The van der Waals surface area contributed by atoms with Crippen molar-refractivity contribution in [3.63, 3.8) is 0 Å². The third kappa shape index (κ3) is 2.35. The SMILES string of the molecule is CCn1c(CNc2nc[nH]c2C(N)=O)cc2ccccc21. The minimum atomic E-state index is -0.522. The Morgan fingerprint density at radius 1 is 1.43 bits per heavy atom. The summed E-state index contributed by atoms with van der Waals surface area (Å²) in [5.74, 6) is -0.0403. The lowest BCUT2D eigenvalue weighted by Gasteiger charge is -2.09. The molecule has 6 nitrogen and oxygen atoms in total. The number of carbonyl (C=O) groups excluding carboxylic acids is 1. The quantitative estimate of drug-likeness (QED) is 0.670. The number of fused-ring (bicyclic) bond motifs is 1. The number of nitrogens with two attached hydrogens (primary N) is 1. The van der Waals surface area contributed by atoms with Crippen LogP contribution < -0.4 is 11.1 Å². The van der Waals surface area contributed by atoms with Crippen LogP contribution in [0.2, 0.25) is 0 Å². The summed E-state index contributed by atoms with van der Waals surface area (Å²) in [6, 6.07) is 10.4. The van der Waals surface area contributed by atoms with Gasteiger partial charge in [0.05, 0.1) is 12.9 Å². The van der Waals surface area contributed by atoms with Crippen LogP contribution in [0.5, 0.6) is 0 Å². The fourth-order valence-electron chi connectivity index (χ4n) is 2.58. The molecule has 0 aliphatic heterocycles. The number of benzene rings is 1. The molecule has 2 aromatic heterocycles. The summed E-state index contributed by atoms with van der Waals surface area (Å²) in [5.41, 5.74) is 7.93. The third-order valence-corrected chi connectivity index (χ3v) is 3.54. The summed E-state index contributed by atoms with van der Waals surface area (Å²) in [7, 11) is 0. The molecule has 0 bridgehead atoms. The third-order valence-electron chi connectivity index (χ3n) is 3.54. The summed E-state index contributed by atoms with van der Waals surface area (Å²) in [5, 5.41) is 4.36. The van der Waals surface area contributed by atoms with E-state index >= 15 is 0 Å². The number of H-pyrrole nitrogens is 1. The number of aryl methyl sites for hydroxylation is 1. The van der Waals surface area contributed by atoms with E-state index in [0.717, 1.165) is 12.2 Å². The minimum absolute atomic E-state index is 0.300. The molecular formula is C15H17N5O. The Kier molecular flexibility index (Phi) is 3.35. The molecule has 0 aliphatic rings. The lowest BCUT2D eigenvalue weighted by molar-refractivity contribution is 0.0997. The molecule has 108 valence electrons. The molecule has 0 radical (unpaired) electrons. The molecule has 3 rings (SSSR count). The predicted molar refractivity (Wildman–Crippen MR) is 82.0 cm³/mol. The lowest BCUT2D eigenvalue weighted by Crippen LogP contribution is -2.15. The van der Waals surface area contributed by atoms with Gasteiger partial charge in [0.25, 0.3) is 5.91 Å². The van der Waals surface area contributed by atoms with Gasteiger partial charge >= 0.3 is 0 Å². The number of carbonyl (C=O) groups is 1. The number of rotatable bonds is 5. The highest BCUT2D eigenvalue weighted by Crippen LogP contribution is 2.21. The Bertz CT molecular complexity index is 786. The van der Waals surface area contributed by atoms with Crippen molar-refractivity contribution in [1.82, 2.24) is 14.5 Å².